The molecule has 1 saturated carbocycles. The number of rotatable bonds is 6. The Labute approximate surface area is 186 Å². The highest BCUT2D eigenvalue weighted by molar-refractivity contribution is 6.05. The number of piperidine rings is 1. The van der Waals surface area contributed by atoms with Gasteiger partial charge in [0.2, 0.25) is 5.91 Å². The third-order valence-corrected chi connectivity index (χ3v) is 6.24. The monoisotopic (exact) mass is 433 g/mol. The molecule has 1 aromatic carbocycles. The van der Waals surface area contributed by atoms with Crippen LogP contribution in [0.25, 0.3) is 22.4 Å². The number of nitrogens with one attached hydrogen (secondary N) is 2. The van der Waals surface area contributed by atoms with Crippen LogP contribution in [0.2, 0.25) is 0 Å². The molecule has 8 heteroatoms. The molecule has 3 heterocycles. The first-order chi connectivity index (χ1) is 15.6. The largest absolute Gasteiger partial charge is 0.493 e. The Hall–Kier alpha value is -3.42. The van der Waals surface area contributed by atoms with Gasteiger partial charge in [0.1, 0.15) is 11.3 Å². The molecule has 1 saturated heterocycles. The summed E-state index contributed by atoms with van der Waals surface area (Å²) in [5, 5.41) is 3.10. The lowest BCUT2D eigenvalue weighted by Crippen LogP contribution is -2.45. The van der Waals surface area contributed by atoms with Gasteiger partial charge in [-0.25, -0.2) is 9.97 Å². The molecular formula is C24H27N5O3. The lowest BCUT2D eigenvalue weighted by molar-refractivity contribution is -0.129. The van der Waals surface area contributed by atoms with Crippen LogP contribution in [0.5, 0.6) is 5.75 Å². The van der Waals surface area contributed by atoms with Crippen molar-refractivity contribution >= 4 is 22.8 Å². The predicted molar refractivity (Wildman–Crippen MR) is 120 cm³/mol. The number of nitrogens with zero attached hydrogens (tertiary/aromatic N) is 3. The highest BCUT2D eigenvalue weighted by Crippen LogP contribution is 2.33. The molecule has 8 nitrogen and oxygen atoms in total. The van der Waals surface area contributed by atoms with Gasteiger partial charge in [0.05, 0.1) is 29.4 Å². The molecule has 1 aliphatic heterocycles. The molecule has 0 unspecified atom stereocenters. The van der Waals surface area contributed by atoms with Crippen LogP contribution in [-0.2, 0) is 4.79 Å². The van der Waals surface area contributed by atoms with E-state index in [1.54, 1.807) is 19.3 Å². The number of hydrogen-bond acceptors (Lipinski definition) is 5. The van der Waals surface area contributed by atoms with Gasteiger partial charge >= 0.3 is 0 Å². The Balaban J connectivity index is 1.35. The molecule has 0 radical (unpaired) electrons. The number of carbonyl (C=O) groups is 2. The van der Waals surface area contributed by atoms with E-state index in [9.17, 15) is 9.59 Å². The van der Waals surface area contributed by atoms with Gasteiger partial charge in [-0.2, -0.15) is 0 Å². The number of hydrogen-bond donors (Lipinski definition) is 2. The number of aromatic nitrogens is 3. The summed E-state index contributed by atoms with van der Waals surface area (Å²) < 4.78 is 6.02. The maximum absolute atomic E-state index is 13.0. The first kappa shape index (κ1) is 20.5. The Morgan fingerprint density at radius 1 is 1.19 bits per heavy atom. The number of likely N-dealkylation sites (tertiary alicyclic amines) is 1. The van der Waals surface area contributed by atoms with Crippen molar-refractivity contribution in [2.75, 3.05) is 19.7 Å². The topological polar surface area (TPSA) is 100 Å². The minimum Gasteiger partial charge on any atom is -0.493 e. The Kier molecular flexibility index (Phi) is 5.51. The first-order valence-corrected chi connectivity index (χ1v) is 11.2. The Morgan fingerprint density at radius 3 is 2.72 bits per heavy atom. The molecule has 2 aliphatic rings. The maximum Gasteiger partial charge on any atom is 0.255 e. The minimum absolute atomic E-state index is 0.0425. The summed E-state index contributed by atoms with van der Waals surface area (Å²) >= 11 is 0. The molecule has 2 N–H and O–H groups in total. The van der Waals surface area contributed by atoms with Crippen molar-refractivity contribution in [3.63, 3.8) is 0 Å². The zero-order chi connectivity index (χ0) is 22.1. The lowest BCUT2D eigenvalue weighted by Gasteiger charge is -2.31. The van der Waals surface area contributed by atoms with Gasteiger partial charge in [0, 0.05) is 32.3 Å². The normalized spacial score (nSPS) is 16.8. The number of fused-ring (bicyclic) bond motifs is 1. The lowest BCUT2D eigenvalue weighted by atomic mass is 10.0. The maximum atomic E-state index is 13.0. The molecule has 3 aromatic rings. The van der Waals surface area contributed by atoms with E-state index >= 15 is 0 Å². The number of amides is 2. The van der Waals surface area contributed by atoms with Gasteiger partial charge in [-0.1, -0.05) is 12.1 Å². The van der Waals surface area contributed by atoms with E-state index in [2.05, 4.69) is 15.3 Å². The molecule has 32 heavy (non-hydrogen) atoms. The van der Waals surface area contributed by atoms with Crippen molar-refractivity contribution in [3.8, 4) is 17.1 Å². The van der Waals surface area contributed by atoms with Crippen molar-refractivity contribution in [2.24, 2.45) is 5.92 Å². The fourth-order valence-electron chi connectivity index (χ4n) is 4.09. The quantitative estimate of drug-likeness (QED) is 0.622. The average molecular weight is 434 g/mol. The number of benzene rings is 1. The first-order valence-electron chi connectivity index (χ1n) is 11.2. The molecule has 0 spiro atoms. The molecule has 2 amide bonds. The van der Waals surface area contributed by atoms with Crippen molar-refractivity contribution in [3.05, 3.63) is 42.2 Å². The van der Waals surface area contributed by atoms with E-state index in [-0.39, 0.29) is 17.9 Å². The van der Waals surface area contributed by atoms with Crippen LogP contribution in [-0.4, -0.2) is 57.4 Å². The smallest absolute Gasteiger partial charge is 0.255 e. The van der Waals surface area contributed by atoms with Crippen LogP contribution in [0.15, 0.2) is 36.7 Å². The zero-order valence-corrected chi connectivity index (χ0v) is 18.1. The van der Waals surface area contributed by atoms with Crippen molar-refractivity contribution in [2.45, 2.75) is 38.6 Å². The van der Waals surface area contributed by atoms with E-state index < -0.39 is 0 Å². The molecular weight excluding hydrogens is 406 g/mol. The van der Waals surface area contributed by atoms with Gasteiger partial charge < -0.3 is 19.9 Å². The van der Waals surface area contributed by atoms with E-state index in [4.69, 9.17) is 9.72 Å². The van der Waals surface area contributed by atoms with Gasteiger partial charge in [-0.3, -0.25) is 9.59 Å². The number of carbonyl (C=O) groups excluding carboxylic acids is 2. The number of aromatic amines is 1. The molecule has 0 atom stereocenters. The summed E-state index contributed by atoms with van der Waals surface area (Å²) in [4.78, 5) is 38.7. The van der Waals surface area contributed by atoms with Crippen molar-refractivity contribution in [1.82, 2.24) is 25.2 Å². The second kappa shape index (κ2) is 8.61. The fraction of sp³-hybridized carbons (Fsp3) is 0.417. The number of ether oxygens (including phenoxy) is 1. The van der Waals surface area contributed by atoms with Crippen LogP contribution in [0.1, 0.15) is 43.0 Å². The van der Waals surface area contributed by atoms with Gasteiger partial charge in [0.25, 0.3) is 5.91 Å². The molecule has 5 rings (SSSR count). The molecule has 2 aromatic heterocycles. The van der Waals surface area contributed by atoms with E-state index in [0.717, 1.165) is 24.2 Å². The summed E-state index contributed by atoms with van der Waals surface area (Å²) in [6, 6.07) is 7.80. The Bertz CT molecular complexity index is 1150. The van der Waals surface area contributed by atoms with Crippen LogP contribution >= 0.6 is 0 Å². The second-order valence-corrected chi connectivity index (χ2v) is 8.66. The Morgan fingerprint density at radius 2 is 1.97 bits per heavy atom. The zero-order valence-electron chi connectivity index (χ0n) is 18.1. The van der Waals surface area contributed by atoms with E-state index in [0.29, 0.717) is 48.0 Å². The van der Waals surface area contributed by atoms with Crippen molar-refractivity contribution in [1.29, 1.82) is 0 Å². The number of H-pyrrole nitrogens is 1. The molecule has 2 fully saturated rings. The second-order valence-electron chi connectivity index (χ2n) is 8.66. The van der Waals surface area contributed by atoms with Crippen LogP contribution in [0.3, 0.4) is 0 Å². The summed E-state index contributed by atoms with van der Waals surface area (Å²) in [6.45, 7) is 3.62. The standard InChI is InChI=1S/C24H27N5O3/c1-15(30)29-10-8-17(9-11-29)27-24(31)19-12-25-20-13-26-23(28-22(19)20)18-4-2-3-5-21(18)32-14-16-6-7-16/h2-5,12-13,16-17,25H,6-11,14H2,1H3,(H,27,31). The minimum atomic E-state index is -0.166. The van der Waals surface area contributed by atoms with Gasteiger partial charge in [-0.05, 0) is 43.7 Å². The summed E-state index contributed by atoms with van der Waals surface area (Å²) in [5.74, 6) is 1.86. The van der Waals surface area contributed by atoms with Crippen LogP contribution in [0.4, 0.5) is 0 Å². The van der Waals surface area contributed by atoms with Gasteiger partial charge in [0.15, 0.2) is 5.82 Å². The fourth-order valence-corrected chi connectivity index (χ4v) is 4.09. The van der Waals surface area contributed by atoms with Crippen LogP contribution in [0, 0.1) is 5.92 Å². The predicted octanol–water partition coefficient (Wildman–Crippen LogP) is 3.15. The highest BCUT2D eigenvalue weighted by atomic mass is 16.5. The van der Waals surface area contributed by atoms with E-state index in [1.807, 2.05) is 29.2 Å². The third kappa shape index (κ3) is 4.30. The SMILES string of the molecule is CC(=O)N1CCC(NC(=O)c2c[nH]c3cnc(-c4ccccc4OCC4CC4)nc23)CC1. The molecule has 166 valence electrons. The van der Waals surface area contributed by atoms with Gasteiger partial charge in [-0.15, -0.1) is 0 Å². The highest BCUT2D eigenvalue weighted by Gasteiger charge is 2.25. The number of para-hydroxylation sites is 1. The van der Waals surface area contributed by atoms with Crippen molar-refractivity contribution < 1.29 is 14.3 Å². The van der Waals surface area contributed by atoms with E-state index in [1.165, 1.54) is 12.8 Å². The average Bonchev–Trinajstić information content (AvgIpc) is 3.54. The summed E-state index contributed by atoms with van der Waals surface area (Å²) in [7, 11) is 0. The third-order valence-electron chi connectivity index (χ3n) is 6.24. The van der Waals surface area contributed by atoms with Crippen LogP contribution < -0.4 is 10.1 Å². The molecule has 1 aliphatic carbocycles. The summed E-state index contributed by atoms with van der Waals surface area (Å²) in [5.41, 5.74) is 2.61. The molecule has 0 bridgehead atoms. The summed E-state index contributed by atoms with van der Waals surface area (Å²) in [6.07, 6.45) is 7.33.